The van der Waals surface area contributed by atoms with Crippen LogP contribution in [0.4, 0.5) is 0 Å². The fourth-order valence-electron chi connectivity index (χ4n) is 2.30. The van der Waals surface area contributed by atoms with Gasteiger partial charge in [0.2, 0.25) is 5.91 Å². The zero-order valence-electron chi connectivity index (χ0n) is 12.8. The van der Waals surface area contributed by atoms with Crippen molar-refractivity contribution in [1.82, 2.24) is 5.32 Å². The third-order valence-corrected chi connectivity index (χ3v) is 6.38. The molecule has 112 valence electrons. The van der Waals surface area contributed by atoms with E-state index >= 15 is 0 Å². The third kappa shape index (κ3) is 4.09. The predicted octanol–water partition coefficient (Wildman–Crippen LogP) is 3.12. The number of hydrogen-bond donors (Lipinski definition) is 2. The molecule has 5 heteroatoms. The lowest BCUT2D eigenvalue weighted by atomic mass is 9.81. The van der Waals surface area contributed by atoms with E-state index in [0.29, 0.717) is 24.4 Å². The zero-order chi connectivity index (χ0) is 15.1. The normalized spacial score (nSPS) is 12.3. The molecule has 0 aromatic carbocycles. The summed E-state index contributed by atoms with van der Waals surface area (Å²) in [5, 5.41) is 3.07. The summed E-state index contributed by atoms with van der Waals surface area (Å²) in [6, 6.07) is 0. The Morgan fingerprint density at radius 3 is 1.89 bits per heavy atom. The minimum Gasteiger partial charge on any atom is -0.392 e. The maximum Gasteiger partial charge on any atom is 0.233 e. The first-order valence-electron chi connectivity index (χ1n) is 7.01. The van der Waals surface area contributed by atoms with Crippen LogP contribution in [0, 0.1) is 5.41 Å². The molecule has 0 aliphatic rings. The molecule has 0 atom stereocenters. The minimum absolute atomic E-state index is 0.0228. The second-order valence-corrected chi connectivity index (χ2v) is 6.64. The van der Waals surface area contributed by atoms with Crippen molar-refractivity contribution in [3.05, 3.63) is 0 Å². The SMILES string of the molecule is CCC(CC)(CNC(=O)C(CC)(CC)C(N)=S)SC. The van der Waals surface area contributed by atoms with Gasteiger partial charge < -0.3 is 11.1 Å². The van der Waals surface area contributed by atoms with Crippen molar-refractivity contribution in [3.8, 4) is 0 Å². The molecule has 0 aliphatic heterocycles. The minimum atomic E-state index is -0.693. The fraction of sp³-hybridized carbons (Fsp3) is 0.857. The summed E-state index contributed by atoms with van der Waals surface area (Å²) < 4.78 is 0.110. The molecule has 0 rings (SSSR count). The Morgan fingerprint density at radius 1 is 1.16 bits per heavy atom. The highest BCUT2D eigenvalue weighted by molar-refractivity contribution is 8.00. The third-order valence-electron chi connectivity index (χ3n) is 4.41. The molecule has 0 saturated heterocycles. The summed E-state index contributed by atoms with van der Waals surface area (Å²) in [7, 11) is 0. The Hall–Kier alpha value is -0.290. The Balaban J connectivity index is 4.90. The first kappa shape index (κ1) is 18.7. The number of thioether (sulfide) groups is 1. The van der Waals surface area contributed by atoms with Crippen LogP contribution < -0.4 is 11.1 Å². The second-order valence-electron chi connectivity index (χ2n) is 4.93. The molecule has 0 aromatic rings. The standard InChI is InChI=1S/C14H28N2OS2/c1-6-13(7-2,19-5)10-16-12(17)14(8-3,9-4)11(15)18/h6-10H2,1-5H3,(H2,15,18)(H,16,17). The lowest BCUT2D eigenvalue weighted by molar-refractivity contribution is -0.127. The molecule has 0 unspecified atom stereocenters. The molecule has 0 radical (unpaired) electrons. The van der Waals surface area contributed by atoms with Gasteiger partial charge in [0.05, 0.1) is 10.4 Å². The van der Waals surface area contributed by atoms with Crippen molar-refractivity contribution in [2.75, 3.05) is 12.8 Å². The van der Waals surface area contributed by atoms with Gasteiger partial charge in [0.25, 0.3) is 0 Å². The number of nitrogens with two attached hydrogens (primary N) is 1. The predicted molar refractivity (Wildman–Crippen MR) is 89.6 cm³/mol. The van der Waals surface area contributed by atoms with Gasteiger partial charge >= 0.3 is 0 Å². The summed E-state index contributed by atoms with van der Waals surface area (Å²) in [5.74, 6) is -0.0228. The summed E-state index contributed by atoms with van der Waals surface area (Å²) in [5.41, 5.74) is 5.10. The topological polar surface area (TPSA) is 55.1 Å². The lowest BCUT2D eigenvalue weighted by Crippen LogP contribution is -2.51. The first-order chi connectivity index (χ1) is 8.87. The van der Waals surface area contributed by atoms with E-state index in [1.54, 1.807) is 0 Å². The average molecular weight is 305 g/mol. The van der Waals surface area contributed by atoms with E-state index in [1.165, 1.54) is 0 Å². The van der Waals surface area contributed by atoms with E-state index in [4.69, 9.17) is 18.0 Å². The Bertz CT molecular complexity index is 302. The monoisotopic (exact) mass is 304 g/mol. The van der Waals surface area contributed by atoms with Crippen molar-refractivity contribution < 1.29 is 4.79 Å². The van der Waals surface area contributed by atoms with Crippen LogP contribution in [-0.2, 0) is 4.79 Å². The Labute approximate surface area is 127 Å². The van der Waals surface area contributed by atoms with Gasteiger partial charge in [-0.15, -0.1) is 0 Å². The van der Waals surface area contributed by atoms with Crippen LogP contribution in [0.1, 0.15) is 53.4 Å². The molecule has 19 heavy (non-hydrogen) atoms. The number of carbonyl (C=O) groups excluding carboxylic acids is 1. The van der Waals surface area contributed by atoms with Crippen molar-refractivity contribution in [1.29, 1.82) is 0 Å². The van der Waals surface area contributed by atoms with Crippen LogP contribution in [0.5, 0.6) is 0 Å². The number of carbonyl (C=O) groups is 1. The first-order valence-corrected chi connectivity index (χ1v) is 8.64. The highest BCUT2D eigenvalue weighted by Gasteiger charge is 2.39. The molecule has 0 heterocycles. The van der Waals surface area contributed by atoms with E-state index in [-0.39, 0.29) is 10.7 Å². The molecule has 3 N–H and O–H groups in total. The van der Waals surface area contributed by atoms with Gasteiger partial charge in [-0.25, -0.2) is 0 Å². The zero-order valence-corrected chi connectivity index (χ0v) is 14.5. The van der Waals surface area contributed by atoms with Gasteiger partial charge in [0.1, 0.15) is 0 Å². The average Bonchev–Trinajstić information content (AvgIpc) is 2.42. The van der Waals surface area contributed by atoms with Crippen LogP contribution in [0.2, 0.25) is 0 Å². The summed E-state index contributed by atoms with van der Waals surface area (Å²) in [6.07, 6.45) is 5.45. The molecular weight excluding hydrogens is 276 g/mol. The molecule has 0 bridgehead atoms. The summed E-state index contributed by atoms with van der Waals surface area (Å²) in [6.45, 7) is 8.91. The fourth-order valence-corrected chi connectivity index (χ4v) is 3.48. The van der Waals surface area contributed by atoms with E-state index < -0.39 is 5.41 Å². The van der Waals surface area contributed by atoms with Crippen LogP contribution in [0.3, 0.4) is 0 Å². The van der Waals surface area contributed by atoms with Gasteiger partial charge in [-0.05, 0) is 31.9 Å². The van der Waals surface area contributed by atoms with Gasteiger partial charge in [0, 0.05) is 11.3 Å². The Kier molecular flexibility index (Phi) is 7.98. The number of rotatable bonds is 9. The number of hydrogen-bond acceptors (Lipinski definition) is 3. The van der Waals surface area contributed by atoms with Crippen molar-refractivity contribution in [3.63, 3.8) is 0 Å². The van der Waals surface area contributed by atoms with Gasteiger partial charge in [-0.2, -0.15) is 11.8 Å². The van der Waals surface area contributed by atoms with E-state index in [2.05, 4.69) is 25.4 Å². The quantitative estimate of drug-likeness (QED) is 0.643. The van der Waals surface area contributed by atoms with Crippen LogP contribution in [0.15, 0.2) is 0 Å². The molecule has 0 aliphatic carbocycles. The molecule has 0 fully saturated rings. The molecule has 0 saturated carbocycles. The molecular formula is C14H28N2OS2. The number of nitrogens with one attached hydrogen (secondary N) is 1. The van der Waals surface area contributed by atoms with Crippen molar-refractivity contribution in [2.45, 2.75) is 58.1 Å². The van der Waals surface area contributed by atoms with Crippen molar-refractivity contribution >= 4 is 34.9 Å². The lowest BCUT2D eigenvalue weighted by Gasteiger charge is -2.34. The maximum atomic E-state index is 12.5. The Morgan fingerprint density at radius 2 is 1.63 bits per heavy atom. The van der Waals surface area contributed by atoms with Gasteiger partial charge in [-0.1, -0.05) is 39.9 Å². The summed E-state index contributed by atoms with van der Waals surface area (Å²) >= 11 is 6.92. The van der Waals surface area contributed by atoms with Gasteiger partial charge in [-0.3, -0.25) is 4.79 Å². The highest BCUT2D eigenvalue weighted by atomic mass is 32.2. The highest BCUT2D eigenvalue weighted by Crippen LogP contribution is 2.31. The smallest absolute Gasteiger partial charge is 0.233 e. The molecule has 0 aromatic heterocycles. The molecule has 1 amide bonds. The van der Waals surface area contributed by atoms with Crippen LogP contribution >= 0.6 is 24.0 Å². The van der Waals surface area contributed by atoms with Crippen molar-refractivity contribution in [2.24, 2.45) is 11.1 Å². The summed E-state index contributed by atoms with van der Waals surface area (Å²) in [4.78, 5) is 12.8. The van der Waals surface area contributed by atoms with E-state index in [0.717, 1.165) is 12.8 Å². The second kappa shape index (κ2) is 8.10. The van der Waals surface area contributed by atoms with Gasteiger partial charge in [0.15, 0.2) is 0 Å². The van der Waals surface area contributed by atoms with Crippen LogP contribution in [-0.4, -0.2) is 28.4 Å². The number of thiocarbonyl (C=S) groups is 1. The van der Waals surface area contributed by atoms with E-state index in [9.17, 15) is 4.79 Å². The largest absolute Gasteiger partial charge is 0.392 e. The van der Waals surface area contributed by atoms with Crippen LogP contribution in [0.25, 0.3) is 0 Å². The molecule has 0 spiro atoms. The molecule has 3 nitrogen and oxygen atoms in total. The maximum absolute atomic E-state index is 12.5. The number of amides is 1. The van der Waals surface area contributed by atoms with E-state index in [1.807, 2.05) is 25.6 Å².